The molecule has 1 rings (SSSR count). The summed E-state index contributed by atoms with van der Waals surface area (Å²) in [7, 11) is 0. The Morgan fingerprint density at radius 2 is 1.89 bits per heavy atom. The predicted molar refractivity (Wildman–Crippen MR) is 60.1 cm³/mol. The molecule has 0 saturated heterocycles. The van der Waals surface area contributed by atoms with E-state index in [-0.39, 0.29) is 12.0 Å². The summed E-state index contributed by atoms with van der Waals surface area (Å²) in [5.41, 5.74) is 3.22. The average Bonchev–Trinajstić information content (AvgIpc) is 2.13. The number of nitro benzene ring substituents is 1. The number of non-ortho nitro benzene ring substituents is 1. The van der Waals surface area contributed by atoms with Crippen molar-refractivity contribution in [1.82, 2.24) is 0 Å². The number of benzene rings is 1. The van der Waals surface area contributed by atoms with Crippen LogP contribution in [-0.2, 0) is 12.6 Å². The number of halogens is 3. The van der Waals surface area contributed by atoms with Crippen LogP contribution in [0.1, 0.15) is 25.0 Å². The monoisotopic (exact) mass is 262 g/mol. The van der Waals surface area contributed by atoms with E-state index in [2.05, 4.69) is 0 Å². The van der Waals surface area contributed by atoms with E-state index in [1.54, 1.807) is 13.8 Å². The van der Waals surface area contributed by atoms with Gasteiger partial charge in [0.15, 0.2) is 0 Å². The lowest BCUT2D eigenvalue weighted by molar-refractivity contribution is -0.385. The van der Waals surface area contributed by atoms with E-state index in [0.717, 1.165) is 12.1 Å². The Bertz CT molecular complexity index is 464. The second-order valence-corrected chi connectivity index (χ2v) is 4.76. The summed E-state index contributed by atoms with van der Waals surface area (Å²) in [4.78, 5) is 9.64. The number of hydrogen-bond acceptors (Lipinski definition) is 3. The molecule has 0 amide bonds. The number of rotatable bonds is 3. The molecule has 4 nitrogen and oxygen atoms in total. The summed E-state index contributed by atoms with van der Waals surface area (Å²) in [6.07, 6.45) is -4.65. The van der Waals surface area contributed by atoms with Crippen molar-refractivity contribution < 1.29 is 18.1 Å². The second kappa shape index (κ2) is 4.56. The second-order valence-electron chi connectivity index (χ2n) is 4.76. The third-order valence-electron chi connectivity index (χ3n) is 2.26. The van der Waals surface area contributed by atoms with Crippen LogP contribution in [0, 0.1) is 10.1 Å². The fraction of sp³-hybridized carbons (Fsp3) is 0.455. The van der Waals surface area contributed by atoms with E-state index in [0.29, 0.717) is 6.07 Å². The zero-order valence-electron chi connectivity index (χ0n) is 9.91. The van der Waals surface area contributed by atoms with Gasteiger partial charge in [0.25, 0.3) is 5.69 Å². The Balaban J connectivity index is 3.30. The molecule has 0 heterocycles. The topological polar surface area (TPSA) is 69.2 Å². The number of nitro groups is 1. The molecule has 0 aliphatic heterocycles. The van der Waals surface area contributed by atoms with Gasteiger partial charge in [-0.15, -0.1) is 0 Å². The molecule has 0 unspecified atom stereocenters. The molecule has 7 heteroatoms. The molecule has 0 fully saturated rings. The van der Waals surface area contributed by atoms with E-state index in [1.165, 1.54) is 0 Å². The highest BCUT2D eigenvalue weighted by molar-refractivity contribution is 5.42. The lowest BCUT2D eigenvalue weighted by atomic mass is 9.92. The van der Waals surface area contributed by atoms with Crippen molar-refractivity contribution in [1.29, 1.82) is 0 Å². The molecular weight excluding hydrogens is 249 g/mol. The molecule has 0 aliphatic carbocycles. The van der Waals surface area contributed by atoms with Crippen LogP contribution < -0.4 is 5.73 Å². The van der Waals surface area contributed by atoms with Gasteiger partial charge >= 0.3 is 6.18 Å². The Labute approximate surface area is 102 Å². The zero-order valence-corrected chi connectivity index (χ0v) is 9.91. The van der Waals surface area contributed by atoms with Crippen LogP contribution in [0.25, 0.3) is 0 Å². The van der Waals surface area contributed by atoms with Gasteiger partial charge in [0.1, 0.15) is 0 Å². The van der Waals surface area contributed by atoms with Crippen molar-refractivity contribution in [3.63, 3.8) is 0 Å². The number of nitrogens with two attached hydrogens (primary N) is 1. The van der Waals surface area contributed by atoms with E-state index >= 15 is 0 Å². The number of hydrogen-bond donors (Lipinski definition) is 1. The van der Waals surface area contributed by atoms with Crippen molar-refractivity contribution in [3.8, 4) is 0 Å². The van der Waals surface area contributed by atoms with Crippen LogP contribution in [0.15, 0.2) is 18.2 Å². The van der Waals surface area contributed by atoms with Gasteiger partial charge in [-0.3, -0.25) is 10.1 Å². The van der Waals surface area contributed by atoms with E-state index in [1.807, 2.05) is 0 Å². The van der Waals surface area contributed by atoms with Crippen LogP contribution in [0.2, 0.25) is 0 Å². The highest BCUT2D eigenvalue weighted by Gasteiger charge is 2.35. The molecule has 2 N–H and O–H groups in total. The average molecular weight is 262 g/mol. The highest BCUT2D eigenvalue weighted by atomic mass is 19.4. The van der Waals surface area contributed by atoms with Crippen LogP contribution in [0.3, 0.4) is 0 Å². The summed E-state index contributed by atoms with van der Waals surface area (Å²) >= 11 is 0. The smallest absolute Gasteiger partial charge is 0.325 e. The first-order chi connectivity index (χ1) is 8.00. The minimum absolute atomic E-state index is 0.0140. The fourth-order valence-corrected chi connectivity index (χ4v) is 1.59. The molecular formula is C11H13F3N2O2. The predicted octanol–water partition coefficient (Wildman–Crippen LogP) is 2.89. The summed E-state index contributed by atoms with van der Waals surface area (Å²) in [6.45, 7) is 3.18. The Morgan fingerprint density at radius 1 is 1.33 bits per heavy atom. The summed E-state index contributed by atoms with van der Waals surface area (Å²) < 4.78 is 38.4. The van der Waals surface area contributed by atoms with Gasteiger partial charge in [0, 0.05) is 17.7 Å². The lowest BCUT2D eigenvalue weighted by Crippen LogP contribution is -2.35. The standard InChI is InChI=1S/C11H13F3N2O2/c1-10(2,15)6-7-3-4-8(16(17)18)5-9(7)11(12,13)14/h3-5H,6,15H2,1-2H3. The first kappa shape index (κ1) is 14.4. The molecule has 1 aromatic carbocycles. The Morgan fingerprint density at radius 3 is 2.28 bits per heavy atom. The normalized spacial score (nSPS) is 12.6. The molecule has 0 saturated carbocycles. The fourth-order valence-electron chi connectivity index (χ4n) is 1.59. The third kappa shape index (κ3) is 3.69. The molecule has 0 atom stereocenters. The maximum atomic E-state index is 12.8. The van der Waals surface area contributed by atoms with Gasteiger partial charge in [0.05, 0.1) is 10.5 Å². The molecule has 0 aliphatic rings. The Hall–Kier alpha value is -1.63. The molecule has 0 spiro atoms. The largest absolute Gasteiger partial charge is 0.416 e. The van der Waals surface area contributed by atoms with Gasteiger partial charge < -0.3 is 5.73 Å². The van der Waals surface area contributed by atoms with Crippen LogP contribution in [-0.4, -0.2) is 10.5 Å². The summed E-state index contributed by atoms with van der Waals surface area (Å²) in [6, 6.07) is 2.70. The molecule has 100 valence electrons. The van der Waals surface area contributed by atoms with Crippen molar-refractivity contribution in [3.05, 3.63) is 39.4 Å². The number of nitrogens with zero attached hydrogens (tertiary/aromatic N) is 1. The van der Waals surface area contributed by atoms with E-state index in [4.69, 9.17) is 5.73 Å². The van der Waals surface area contributed by atoms with Crippen LogP contribution in [0.5, 0.6) is 0 Å². The van der Waals surface area contributed by atoms with Gasteiger partial charge in [-0.25, -0.2) is 0 Å². The van der Waals surface area contributed by atoms with Gasteiger partial charge in [-0.05, 0) is 25.8 Å². The van der Waals surface area contributed by atoms with E-state index in [9.17, 15) is 23.3 Å². The van der Waals surface area contributed by atoms with Crippen molar-refractivity contribution in [2.75, 3.05) is 0 Å². The molecule has 0 radical (unpaired) electrons. The first-order valence-corrected chi connectivity index (χ1v) is 5.14. The van der Waals surface area contributed by atoms with Crippen molar-refractivity contribution in [2.24, 2.45) is 5.73 Å². The molecule has 0 aromatic heterocycles. The third-order valence-corrected chi connectivity index (χ3v) is 2.26. The quantitative estimate of drug-likeness (QED) is 0.672. The summed E-state index contributed by atoms with van der Waals surface area (Å²) in [5, 5.41) is 10.5. The number of alkyl halides is 3. The van der Waals surface area contributed by atoms with Crippen LogP contribution >= 0.6 is 0 Å². The minimum atomic E-state index is -4.63. The summed E-state index contributed by atoms with van der Waals surface area (Å²) in [5.74, 6) is 0. The van der Waals surface area contributed by atoms with Gasteiger partial charge in [0.2, 0.25) is 0 Å². The van der Waals surface area contributed by atoms with Crippen LogP contribution in [0.4, 0.5) is 18.9 Å². The van der Waals surface area contributed by atoms with Crippen molar-refractivity contribution in [2.45, 2.75) is 32.0 Å². The van der Waals surface area contributed by atoms with E-state index < -0.39 is 27.9 Å². The lowest BCUT2D eigenvalue weighted by Gasteiger charge is -2.21. The van der Waals surface area contributed by atoms with Crippen molar-refractivity contribution >= 4 is 5.69 Å². The molecule has 1 aromatic rings. The van der Waals surface area contributed by atoms with Gasteiger partial charge in [-0.2, -0.15) is 13.2 Å². The highest BCUT2D eigenvalue weighted by Crippen LogP contribution is 2.35. The first-order valence-electron chi connectivity index (χ1n) is 5.14. The SMILES string of the molecule is CC(C)(N)Cc1ccc([N+](=O)[O-])cc1C(F)(F)F. The zero-order chi connectivity index (χ0) is 14.1. The maximum absolute atomic E-state index is 12.8. The molecule has 18 heavy (non-hydrogen) atoms. The Kier molecular flexibility index (Phi) is 3.66. The van der Waals surface area contributed by atoms with Gasteiger partial charge in [-0.1, -0.05) is 6.07 Å². The minimum Gasteiger partial charge on any atom is -0.325 e. The molecule has 0 bridgehead atoms. The maximum Gasteiger partial charge on any atom is 0.416 e.